The maximum absolute atomic E-state index is 12.9. The van der Waals surface area contributed by atoms with Crippen molar-refractivity contribution in [2.24, 2.45) is 0 Å². The normalized spacial score (nSPS) is 15.9. The highest BCUT2D eigenvalue weighted by Gasteiger charge is 2.18. The van der Waals surface area contributed by atoms with E-state index < -0.39 is 0 Å². The van der Waals surface area contributed by atoms with Crippen LogP contribution < -0.4 is 10.1 Å². The van der Waals surface area contributed by atoms with Crippen molar-refractivity contribution in [1.82, 2.24) is 4.90 Å². The highest BCUT2D eigenvalue weighted by molar-refractivity contribution is 6.04. The van der Waals surface area contributed by atoms with Gasteiger partial charge in [-0.05, 0) is 56.3 Å². The quantitative estimate of drug-likeness (QED) is 0.933. The Balaban J connectivity index is 1.62. The van der Waals surface area contributed by atoms with E-state index in [0.717, 1.165) is 31.7 Å². The monoisotopic (exact) mass is 328 g/mol. The minimum absolute atomic E-state index is 0.212. The van der Waals surface area contributed by atoms with Gasteiger partial charge in [-0.15, -0.1) is 0 Å². The number of piperidine rings is 1. The van der Waals surface area contributed by atoms with E-state index in [1.54, 1.807) is 0 Å². The van der Waals surface area contributed by atoms with Crippen molar-refractivity contribution in [2.75, 3.05) is 25.5 Å². The minimum Gasteiger partial charge on any atom is -0.490 e. The summed E-state index contributed by atoms with van der Waals surface area (Å²) in [5.41, 5.74) is 1.08. The van der Waals surface area contributed by atoms with Crippen LogP contribution in [0.2, 0.25) is 0 Å². The zero-order valence-corrected chi connectivity index (χ0v) is 13.7. The molecule has 1 aliphatic rings. The van der Waals surface area contributed by atoms with E-state index in [1.807, 2.05) is 24.3 Å². The summed E-state index contributed by atoms with van der Waals surface area (Å²) < 4.78 is 18.9. The molecule has 0 aromatic heterocycles. The lowest BCUT2D eigenvalue weighted by atomic mass is 10.1. The largest absolute Gasteiger partial charge is 0.490 e. The zero-order chi connectivity index (χ0) is 16.9. The number of benzene rings is 2. The predicted octanol–water partition coefficient (Wildman–Crippen LogP) is 3.55. The molecule has 0 saturated carbocycles. The first-order valence-electron chi connectivity index (χ1n) is 8.12. The number of nitrogens with one attached hydrogen (secondary N) is 1. The Morgan fingerprint density at radius 2 is 1.88 bits per heavy atom. The van der Waals surface area contributed by atoms with E-state index in [4.69, 9.17) is 4.74 Å². The highest BCUT2D eigenvalue weighted by Crippen LogP contribution is 2.22. The molecule has 1 saturated heterocycles. The first kappa shape index (κ1) is 16.5. The van der Waals surface area contributed by atoms with Crippen LogP contribution in [0.3, 0.4) is 0 Å². The second kappa shape index (κ2) is 7.45. The number of likely N-dealkylation sites (tertiary alicyclic amines) is 1. The molecule has 0 radical (unpaired) electrons. The number of rotatable bonds is 4. The second-order valence-electron chi connectivity index (χ2n) is 6.11. The molecule has 0 spiro atoms. The van der Waals surface area contributed by atoms with Gasteiger partial charge in [0, 0.05) is 30.4 Å². The fourth-order valence-corrected chi connectivity index (χ4v) is 2.75. The molecular weight excluding hydrogens is 307 g/mol. The van der Waals surface area contributed by atoms with Gasteiger partial charge in [0.05, 0.1) is 0 Å². The van der Waals surface area contributed by atoms with Crippen LogP contribution in [0.5, 0.6) is 5.75 Å². The molecule has 24 heavy (non-hydrogen) atoms. The molecule has 3 rings (SSSR count). The third-order valence-corrected chi connectivity index (χ3v) is 4.17. The van der Waals surface area contributed by atoms with Crippen molar-refractivity contribution in [3.05, 3.63) is 59.9 Å². The Kier molecular flexibility index (Phi) is 5.11. The Morgan fingerprint density at radius 1 is 1.17 bits per heavy atom. The summed E-state index contributed by atoms with van der Waals surface area (Å²) >= 11 is 0. The molecule has 1 amide bonds. The molecule has 1 fully saturated rings. The molecule has 1 heterocycles. The second-order valence-corrected chi connectivity index (χ2v) is 6.11. The number of carbonyl (C=O) groups excluding carboxylic acids is 1. The Bertz CT molecular complexity index is 695. The van der Waals surface area contributed by atoms with Crippen LogP contribution in [0.25, 0.3) is 0 Å². The lowest BCUT2D eigenvalue weighted by Crippen LogP contribution is -2.35. The summed E-state index contributed by atoms with van der Waals surface area (Å²) in [5, 5.41) is 2.81. The number of hydrogen-bond donors (Lipinski definition) is 1. The highest BCUT2D eigenvalue weighted by atomic mass is 19.1. The summed E-state index contributed by atoms with van der Waals surface area (Å²) in [6.07, 6.45) is 2.22. The summed E-state index contributed by atoms with van der Waals surface area (Å²) in [6.45, 7) is 2.07. The van der Waals surface area contributed by atoms with Crippen molar-refractivity contribution in [3.63, 3.8) is 0 Å². The molecule has 2 aromatic rings. The van der Waals surface area contributed by atoms with Crippen molar-refractivity contribution in [3.8, 4) is 5.75 Å². The third-order valence-electron chi connectivity index (χ3n) is 4.17. The molecular formula is C19H21FN2O2. The van der Waals surface area contributed by atoms with Gasteiger partial charge in [-0.1, -0.05) is 6.07 Å². The first-order chi connectivity index (χ1) is 11.6. The lowest BCUT2D eigenvalue weighted by molar-refractivity contribution is 0.102. The average Bonchev–Trinajstić information content (AvgIpc) is 2.58. The number of hydrogen-bond acceptors (Lipinski definition) is 3. The summed E-state index contributed by atoms with van der Waals surface area (Å²) in [4.78, 5) is 14.5. The van der Waals surface area contributed by atoms with Gasteiger partial charge in [-0.25, -0.2) is 4.39 Å². The Labute approximate surface area is 141 Å². The van der Waals surface area contributed by atoms with Crippen LogP contribution in [0.15, 0.2) is 48.5 Å². The standard InChI is InChI=1S/C19H21FN2O2/c1-22-11-9-17(10-12-22)24-18-4-2-3-16(13-18)21-19(23)14-5-7-15(20)8-6-14/h2-8,13,17H,9-12H2,1H3,(H,21,23). The van der Waals surface area contributed by atoms with Gasteiger partial charge in [0.25, 0.3) is 5.91 Å². The van der Waals surface area contributed by atoms with E-state index in [9.17, 15) is 9.18 Å². The van der Waals surface area contributed by atoms with Crippen LogP contribution in [0.1, 0.15) is 23.2 Å². The van der Waals surface area contributed by atoms with Crippen LogP contribution in [0.4, 0.5) is 10.1 Å². The lowest BCUT2D eigenvalue weighted by Gasteiger charge is -2.29. The number of anilines is 1. The fourth-order valence-electron chi connectivity index (χ4n) is 2.75. The van der Waals surface area contributed by atoms with Crippen LogP contribution >= 0.6 is 0 Å². The molecule has 0 aliphatic carbocycles. The zero-order valence-electron chi connectivity index (χ0n) is 13.7. The summed E-state index contributed by atoms with van der Waals surface area (Å²) in [5.74, 6) is 0.118. The Morgan fingerprint density at radius 3 is 2.58 bits per heavy atom. The van der Waals surface area contributed by atoms with Gasteiger partial charge in [-0.2, -0.15) is 0 Å². The van der Waals surface area contributed by atoms with Gasteiger partial charge in [0.15, 0.2) is 0 Å². The molecule has 1 N–H and O–H groups in total. The van der Waals surface area contributed by atoms with Gasteiger partial charge in [0.2, 0.25) is 0 Å². The summed E-state index contributed by atoms with van der Waals surface area (Å²) in [7, 11) is 2.11. The van der Waals surface area contributed by atoms with Gasteiger partial charge >= 0.3 is 0 Å². The van der Waals surface area contributed by atoms with Gasteiger partial charge < -0.3 is 15.0 Å². The Hall–Kier alpha value is -2.40. The molecule has 5 heteroatoms. The number of halogens is 1. The molecule has 1 aliphatic heterocycles. The number of carbonyl (C=O) groups is 1. The first-order valence-corrected chi connectivity index (χ1v) is 8.12. The van der Waals surface area contributed by atoms with Crippen molar-refractivity contribution in [1.29, 1.82) is 0 Å². The molecule has 4 nitrogen and oxygen atoms in total. The smallest absolute Gasteiger partial charge is 0.255 e. The average molecular weight is 328 g/mol. The molecule has 0 unspecified atom stereocenters. The number of nitrogens with zero attached hydrogens (tertiary/aromatic N) is 1. The topological polar surface area (TPSA) is 41.6 Å². The van der Waals surface area contributed by atoms with Gasteiger partial charge in [0.1, 0.15) is 17.7 Å². The minimum atomic E-state index is -0.361. The van der Waals surface area contributed by atoms with Crippen molar-refractivity contribution >= 4 is 11.6 Å². The maximum Gasteiger partial charge on any atom is 0.255 e. The number of amides is 1. The number of ether oxygens (including phenoxy) is 1. The molecule has 2 aromatic carbocycles. The fraction of sp³-hybridized carbons (Fsp3) is 0.316. The molecule has 126 valence electrons. The van der Waals surface area contributed by atoms with Gasteiger partial charge in [-0.3, -0.25) is 4.79 Å². The summed E-state index contributed by atoms with van der Waals surface area (Å²) in [6, 6.07) is 12.8. The van der Waals surface area contributed by atoms with E-state index in [0.29, 0.717) is 11.3 Å². The van der Waals surface area contributed by atoms with E-state index in [-0.39, 0.29) is 17.8 Å². The maximum atomic E-state index is 12.9. The van der Waals surface area contributed by atoms with Crippen LogP contribution in [0, 0.1) is 5.82 Å². The predicted molar refractivity (Wildman–Crippen MR) is 91.9 cm³/mol. The SMILES string of the molecule is CN1CCC(Oc2cccc(NC(=O)c3ccc(F)cc3)c2)CC1. The third kappa shape index (κ3) is 4.32. The van der Waals surface area contributed by atoms with Crippen molar-refractivity contribution < 1.29 is 13.9 Å². The molecule has 0 bridgehead atoms. The van der Waals surface area contributed by atoms with E-state index in [1.165, 1.54) is 24.3 Å². The van der Waals surface area contributed by atoms with Crippen molar-refractivity contribution in [2.45, 2.75) is 18.9 Å². The van der Waals surface area contributed by atoms with E-state index >= 15 is 0 Å². The van der Waals surface area contributed by atoms with Crippen LogP contribution in [-0.4, -0.2) is 37.0 Å². The van der Waals surface area contributed by atoms with E-state index in [2.05, 4.69) is 17.3 Å². The molecule has 0 atom stereocenters. The van der Waals surface area contributed by atoms with Crippen LogP contribution in [-0.2, 0) is 0 Å².